The molecule has 0 unspecified atom stereocenters. The number of aliphatic imine (C=N–C) groups is 2. The molecular formula is C18H8N6. The first-order valence-corrected chi connectivity index (χ1v) is 7.54. The van der Waals surface area contributed by atoms with Crippen LogP contribution in [0.15, 0.2) is 56.8 Å². The third-order valence-corrected chi connectivity index (χ3v) is 4.59. The van der Waals surface area contributed by atoms with Crippen molar-refractivity contribution in [2.45, 2.75) is 0 Å². The van der Waals surface area contributed by atoms with Crippen molar-refractivity contribution in [2.24, 2.45) is 20.0 Å². The van der Waals surface area contributed by atoms with E-state index < -0.39 is 0 Å². The molecule has 24 heavy (non-hydrogen) atoms. The molecule has 0 atom stereocenters. The van der Waals surface area contributed by atoms with E-state index in [1.54, 1.807) is 19.0 Å². The van der Waals surface area contributed by atoms with E-state index >= 15 is 0 Å². The van der Waals surface area contributed by atoms with E-state index in [1.165, 1.54) is 0 Å². The van der Waals surface area contributed by atoms with Crippen molar-refractivity contribution in [1.82, 2.24) is 9.97 Å². The molecule has 0 aliphatic carbocycles. The Bertz CT molecular complexity index is 1400. The van der Waals surface area contributed by atoms with E-state index in [0.29, 0.717) is 0 Å². The first kappa shape index (κ1) is 12.0. The maximum absolute atomic E-state index is 4.53. The Morgan fingerprint density at radius 1 is 0.750 bits per heavy atom. The van der Waals surface area contributed by atoms with Crippen molar-refractivity contribution in [1.29, 1.82) is 0 Å². The predicted molar refractivity (Wildman–Crippen MR) is 93.2 cm³/mol. The van der Waals surface area contributed by atoms with Crippen molar-refractivity contribution in [3.63, 3.8) is 0 Å². The summed E-state index contributed by atoms with van der Waals surface area (Å²) >= 11 is 0. The lowest BCUT2D eigenvalue weighted by Gasteiger charge is -2.10. The van der Waals surface area contributed by atoms with Gasteiger partial charge in [0.15, 0.2) is 0 Å². The van der Waals surface area contributed by atoms with Crippen molar-refractivity contribution >= 4 is 56.5 Å². The summed E-state index contributed by atoms with van der Waals surface area (Å²) in [5, 5.41) is 6.92. The summed E-state index contributed by atoms with van der Waals surface area (Å²) in [6.45, 7) is 0. The zero-order valence-electron chi connectivity index (χ0n) is 12.3. The lowest BCUT2D eigenvalue weighted by atomic mass is 9.95. The molecule has 0 amide bonds. The molecule has 6 heteroatoms. The van der Waals surface area contributed by atoms with Crippen LogP contribution in [-0.4, -0.2) is 22.6 Å². The first-order chi connectivity index (χ1) is 11.9. The monoisotopic (exact) mass is 308 g/mol. The van der Waals surface area contributed by atoms with E-state index in [1.807, 2.05) is 18.3 Å². The van der Waals surface area contributed by atoms with Crippen LogP contribution in [0.1, 0.15) is 0 Å². The third kappa shape index (κ3) is 1.31. The number of rotatable bonds is 0. The maximum Gasteiger partial charge on any atom is 0.116 e. The standard InChI is InChI=1S/C18H8N6/c1-3-12-18(24-8-20-12)15-9(1)14-10(16-11(15)5-19-6-22-16)2-4-13-17(14)23-7-21-13/h1-8H. The molecule has 110 valence electrons. The van der Waals surface area contributed by atoms with Crippen molar-refractivity contribution in [2.75, 3.05) is 0 Å². The summed E-state index contributed by atoms with van der Waals surface area (Å²) in [4.78, 5) is 26.4. The molecule has 0 N–H and O–H groups in total. The van der Waals surface area contributed by atoms with Crippen molar-refractivity contribution < 1.29 is 0 Å². The van der Waals surface area contributed by atoms with Crippen LogP contribution in [0.4, 0.5) is 11.4 Å². The van der Waals surface area contributed by atoms with Crippen LogP contribution in [0.3, 0.4) is 0 Å². The Kier molecular flexibility index (Phi) is 2.02. The van der Waals surface area contributed by atoms with E-state index in [-0.39, 0.29) is 0 Å². The maximum atomic E-state index is 4.53. The van der Waals surface area contributed by atoms with Crippen molar-refractivity contribution in [3.8, 4) is 0 Å². The van der Waals surface area contributed by atoms with Crippen LogP contribution in [0.5, 0.6) is 0 Å². The fourth-order valence-electron chi connectivity index (χ4n) is 3.61. The van der Waals surface area contributed by atoms with Gasteiger partial charge >= 0.3 is 0 Å². The zero-order valence-corrected chi connectivity index (χ0v) is 12.3. The Hall–Kier alpha value is -3.54. The van der Waals surface area contributed by atoms with Gasteiger partial charge in [-0.05, 0) is 23.6 Å². The van der Waals surface area contributed by atoms with Gasteiger partial charge < -0.3 is 0 Å². The van der Waals surface area contributed by atoms with Crippen LogP contribution in [0.25, 0.3) is 32.4 Å². The molecule has 3 heterocycles. The Labute approximate surface area is 134 Å². The molecule has 0 saturated carbocycles. The Morgan fingerprint density at radius 2 is 1.67 bits per heavy atom. The molecule has 1 aromatic heterocycles. The van der Waals surface area contributed by atoms with Crippen LogP contribution in [-0.2, 0) is 0 Å². The number of hydrogen-bond donors (Lipinski definition) is 0. The third-order valence-electron chi connectivity index (χ3n) is 4.59. The first-order valence-electron chi connectivity index (χ1n) is 7.54. The van der Waals surface area contributed by atoms with Crippen LogP contribution in [0, 0.1) is 0 Å². The molecule has 6 nitrogen and oxygen atoms in total. The summed E-state index contributed by atoms with van der Waals surface area (Å²) in [5.41, 5.74) is 2.65. The summed E-state index contributed by atoms with van der Waals surface area (Å²) in [6, 6.07) is 8.12. The average Bonchev–Trinajstić information content (AvgIpc) is 3.29. The van der Waals surface area contributed by atoms with Gasteiger partial charge in [-0.1, -0.05) is 6.07 Å². The molecule has 2 aliphatic rings. The highest BCUT2D eigenvalue weighted by Crippen LogP contribution is 2.37. The normalized spacial score (nSPS) is 14.2. The molecule has 0 spiro atoms. The molecule has 2 aliphatic heterocycles. The number of nitrogens with zero attached hydrogens (tertiary/aromatic N) is 6. The number of benzene rings is 3. The second-order valence-corrected chi connectivity index (χ2v) is 5.74. The molecule has 0 saturated heterocycles. The van der Waals surface area contributed by atoms with Gasteiger partial charge in [0, 0.05) is 27.7 Å². The summed E-state index contributed by atoms with van der Waals surface area (Å²) in [7, 11) is 0. The highest BCUT2D eigenvalue weighted by molar-refractivity contribution is 6.27. The van der Waals surface area contributed by atoms with Gasteiger partial charge in [-0.3, -0.25) is 0 Å². The minimum absolute atomic E-state index is 0.866. The predicted octanol–water partition coefficient (Wildman–Crippen LogP) is 2.52. The van der Waals surface area contributed by atoms with E-state index in [9.17, 15) is 0 Å². The Morgan fingerprint density at radius 3 is 2.67 bits per heavy atom. The largest absolute Gasteiger partial charge is 0.244 e. The molecule has 6 rings (SSSR count). The second kappa shape index (κ2) is 4.05. The molecular weight excluding hydrogens is 300 g/mol. The molecule has 0 bridgehead atoms. The van der Waals surface area contributed by atoms with Gasteiger partial charge in [-0.2, -0.15) is 0 Å². The molecule has 0 fully saturated rings. The zero-order chi connectivity index (χ0) is 15.7. The minimum Gasteiger partial charge on any atom is -0.244 e. The van der Waals surface area contributed by atoms with Crippen LogP contribution in [0.2, 0.25) is 0 Å². The van der Waals surface area contributed by atoms with Gasteiger partial charge in [-0.25, -0.2) is 29.9 Å². The number of fused-ring (bicyclic) bond motifs is 10. The molecule has 0 radical (unpaired) electrons. The summed E-state index contributed by atoms with van der Waals surface area (Å²) in [6.07, 6.45) is 6.61. The van der Waals surface area contributed by atoms with Gasteiger partial charge in [-0.15, -0.1) is 0 Å². The van der Waals surface area contributed by atoms with Crippen LogP contribution >= 0.6 is 0 Å². The quantitative estimate of drug-likeness (QED) is 0.468. The smallest absolute Gasteiger partial charge is 0.116 e. The van der Waals surface area contributed by atoms with Gasteiger partial charge in [0.1, 0.15) is 19.0 Å². The fraction of sp³-hybridized carbons (Fsp3) is 0. The Balaban J connectivity index is 2.07. The topological polar surface area (TPSA) is 75.2 Å². The van der Waals surface area contributed by atoms with E-state index in [0.717, 1.165) is 54.5 Å². The minimum atomic E-state index is 0.866. The van der Waals surface area contributed by atoms with E-state index in [2.05, 4.69) is 42.1 Å². The van der Waals surface area contributed by atoms with Gasteiger partial charge in [0.2, 0.25) is 0 Å². The fourth-order valence-corrected chi connectivity index (χ4v) is 3.61. The second-order valence-electron chi connectivity index (χ2n) is 5.74. The highest BCUT2D eigenvalue weighted by atomic mass is 14.9. The lowest BCUT2D eigenvalue weighted by molar-refractivity contribution is 1.23. The number of aromatic nitrogens is 2. The van der Waals surface area contributed by atoms with Gasteiger partial charge in [0.25, 0.3) is 0 Å². The van der Waals surface area contributed by atoms with E-state index in [4.69, 9.17) is 0 Å². The van der Waals surface area contributed by atoms with Crippen LogP contribution < -0.4 is 10.7 Å². The summed E-state index contributed by atoms with van der Waals surface area (Å²) < 4.78 is 0. The lowest BCUT2D eigenvalue weighted by Crippen LogP contribution is -2.04. The average molecular weight is 308 g/mol. The van der Waals surface area contributed by atoms with Gasteiger partial charge in [0.05, 0.1) is 27.6 Å². The number of hydrogen-bond acceptors (Lipinski definition) is 6. The molecule has 4 aromatic rings. The summed E-state index contributed by atoms with van der Waals surface area (Å²) in [5.74, 6) is 0. The highest BCUT2D eigenvalue weighted by Gasteiger charge is 2.18. The molecule has 3 aromatic carbocycles. The van der Waals surface area contributed by atoms with Crippen molar-refractivity contribution in [3.05, 3.63) is 47.5 Å². The SMILES string of the molecule is C1=Nc2ccc3c4c5c(ccc4c4ncncc4c3c2=N1)=NC=N5.